The van der Waals surface area contributed by atoms with Gasteiger partial charge < -0.3 is 0 Å². The van der Waals surface area contributed by atoms with E-state index in [9.17, 15) is 0 Å². The molecule has 0 saturated heterocycles. The fraction of sp³-hybridized carbons (Fsp3) is 0. The van der Waals surface area contributed by atoms with Crippen molar-refractivity contribution in [2.45, 2.75) is 0 Å². The second-order valence-corrected chi connectivity index (χ2v) is 11.1. The Hall–Kier alpha value is -6.26. The van der Waals surface area contributed by atoms with Crippen LogP contribution in [-0.2, 0) is 0 Å². The van der Waals surface area contributed by atoms with Gasteiger partial charge in [-0.15, -0.1) is 0 Å². The standard InChI is InChI=1S/C42H28N4/c1-4-13-30(14-5-1)36-27-38(44-37-21-11-10-20-35(36)37)42-41(33-24-22-29(23-25-33)34-19-12-26-43-28-34)45-39(31-15-6-2-7-16-31)40(46-42)32-17-8-3-9-18-32/h1-28H. The summed E-state index contributed by atoms with van der Waals surface area (Å²) in [5.74, 6) is 0. The second-order valence-electron chi connectivity index (χ2n) is 11.1. The van der Waals surface area contributed by atoms with E-state index in [-0.39, 0.29) is 0 Å². The Morgan fingerprint density at radius 3 is 1.48 bits per heavy atom. The molecule has 5 aromatic carbocycles. The predicted octanol–water partition coefficient (Wildman–Crippen LogP) is 10.4. The smallest absolute Gasteiger partial charge is 0.116 e. The van der Waals surface area contributed by atoms with Crippen LogP contribution in [-0.4, -0.2) is 19.9 Å². The summed E-state index contributed by atoms with van der Waals surface area (Å²) in [6.45, 7) is 0. The van der Waals surface area contributed by atoms with Gasteiger partial charge in [0.05, 0.1) is 28.3 Å². The van der Waals surface area contributed by atoms with E-state index in [2.05, 4.69) is 108 Å². The lowest BCUT2D eigenvalue weighted by Crippen LogP contribution is -2.02. The fourth-order valence-corrected chi connectivity index (χ4v) is 5.92. The van der Waals surface area contributed by atoms with Crippen LogP contribution >= 0.6 is 0 Å². The van der Waals surface area contributed by atoms with E-state index >= 15 is 0 Å². The minimum atomic E-state index is 0.732. The highest BCUT2D eigenvalue weighted by Gasteiger charge is 2.21. The van der Waals surface area contributed by atoms with Gasteiger partial charge in [0.2, 0.25) is 0 Å². The van der Waals surface area contributed by atoms with Crippen LogP contribution in [0.4, 0.5) is 0 Å². The molecule has 4 heteroatoms. The Balaban J connectivity index is 1.42. The van der Waals surface area contributed by atoms with Crippen LogP contribution in [0.15, 0.2) is 170 Å². The van der Waals surface area contributed by atoms with Crippen LogP contribution in [0.3, 0.4) is 0 Å². The van der Waals surface area contributed by atoms with Crippen molar-refractivity contribution in [2.24, 2.45) is 0 Å². The molecule has 0 fully saturated rings. The summed E-state index contributed by atoms with van der Waals surface area (Å²) in [7, 11) is 0. The molecular weight excluding hydrogens is 560 g/mol. The Bertz CT molecular complexity index is 2270. The largest absolute Gasteiger partial charge is 0.264 e. The average molecular weight is 589 g/mol. The van der Waals surface area contributed by atoms with Crippen LogP contribution in [0.5, 0.6) is 0 Å². The van der Waals surface area contributed by atoms with Gasteiger partial charge >= 0.3 is 0 Å². The molecule has 4 nitrogen and oxygen atoms in total. The lowest BCUT2D eigenvalue weighted by Gasteiger charge is -2.17. The lowest BCUT2D eigenvalue weighted by atomic mass is 9.96. The number of hydrogen-bond donors (Lipinski definition) is 0. The van der Waals surface area contributed by atoms with Gasteiger partial charge in [-0.25, -0.2) is 15.0 Å². The van der Waals surface area contributed by atoms with E-state index in [0.717, 1.165) is 78.3 Å². The first-order valence-corrected chi connectivity index (χ1v) is 15.3. The van der Waals surface area contributed by atoms with Crippen molar-refractivity contribution < 1.29 is 0 Å². The fourth-order valence-electron chi connectivity index (χ4n) is 5.92. The van der Waals surface area contributed by atoms with Gasteiger partial charge in [0.15, 0.2) is 0 Å². The highest BCUT2D eigenvalue weighted by atomic mass is 14.9. The number of para-hydroxylation sites is 1. The Morgan fingerprint density at radius 1 is 0.348 bits per heavy atom. The number of aromatic nitrogens is 4. The molecule has 3 heterocycles. The number of hydrogen-bond acceptors (Lipinski definition) is 4. The third-order valence-electron chi connectivity index (χ3n) is 8.19. The molecule has 0 N–H and O–H groups in total. The predicted molar refractivity (Wildman–Crippen MR) is 188 cm³/mol. The van der Waals surface area contributed by atoms with E-state index in [4.69, 9.17) is 15.0 Å². The maximum atomic E-state index is 5.45. The summed E-state index contributed by atoms with van der Waals surface area (Å²) in [6.07, 6.45) is 3.67. The van der Waals surface area contributed by atoms with Crippen molar-refractivity contribution in [1.82, 2.24) is 19.9 Å². The Kier molecular flexibility index (Phi) is 7.14. The molecule has 0 radical (unpaired) electrons. The van der Waals surface area contributed by atoms with Crippen LogP contribution in [0.2, 0.25) is 0 Å². The van der Waals surface area contributed by atoms with Gasteiger partial charge in [-0.3, -0.25) is 4.98 Å². The molecule has 216 valence electrons. The third kappa shape index (κ3) is 5.23. The van der Waals surface area contributed by atoms with Gasteiger partial charge in [-0.1, -0.05) is 140 Å². The van der Waals surface area contributed by atoms with Crippen molar-refractivity contribution >= 4 is 10.9 Å². The Labute approximate surface area is 267 Å². The second kappa shape index (κ2) is 12.0. The molecule has 0 aliphatic rings. The molecule has 0 atom stereocenters. The minimum absolute atomic E-state index is 0.732. The van der Waals surface area contributed by atoms with Gasteiger partial charge in [0.25, 0.3) is 0 Å². The van der Waals surface area contributed by atoms with Crippen LogP contribution < -0.4 is 0 Å². The molecular formula is C42H28N4. The number of fused-ring (bicyclic) bond motifs is 1. The SMILES string of the molecule is c1ccc(-c2nc(-c3ccc(-c4cccnc4)cc3)c(-c3cc(-c4ccccc4)c4ccccc4n3)nc2-c2ccccc2)cc1. The molecule has 0 aliphatic heterocycles. The molecule has 0 spiro atoms. The highest BCUT2D eigenvalue weighted by molar-refractivity contribution is 5.98. The molecule has 0 amide bonds. The topological polar surface area (TPSA) is 51.6 Å². The summed E-state index contributed by atoms with van der Waals surface area (Å²) in [5, 5.41) is 1.09. The van der Waals surface area contributed by atoms with E-state index in [1.54, 1.807) is 6.20 Å². The van der Waals surface area contributed by atoms with Gasteiger partial charge in [-0.2, -0.15) is 0 Å². The Morgan fingerprint density at radius 2 is 0.848 bits per heavy atom. The molecule has 0 saturated carbocycles. The normalized spacial score (nSPS) is 11.0. The molecule has 46 heavy (non-hydrogen) atoms. The van der Waals surface area contributed by atoms with Gasteiger partial charge in [0, 0.05) is 34.5 Å². The van der Waals surface area contributed by atoms with Crippen molar-refractivity contribution in [3.63, 3.8) is 0 Å². The number of benzene rings is 5. The minimum Gasteiger partial charge on any atom is -0.264 e. The lowest BCUT2D eigenvalue weighted by molar-refractivity contribution is 1.20. The van der Waals surface area contributed by atoms with Crippen LogP contribution in [0.1, 0.15) is 0 Å². The zero-order valence-corrected chi connectivity index (χ0v) is 25.0. The molecule has 0 bridgehead atoms. The summed E-state index contributed by atoms with van der Waals surface area (Å²) in [6, 6.07) is 54.0. The number of nitrogens with zero attached hydrogens (tertiary/aromatic N) is 4. The summed E-state index contributed by atoms with van der Waals surface area (Å²) >= 11 is 0. The highest BCUT2D eigenvalue weighted by Crippen LogP contribution is 2.39. The molecule has 0 aliphatic carbocycles. The van der Waals surface area contributed by atoms with Crippen LogP contribution in [0.25, 0.3) is 78.3 Å². The molecule has 8 rings (SSSR count). The van der Waals surface area contributed by atoms with Crippen LogP contribution in [0, 0.1) is 0 Å². The average Bonchev–Trinajstić information content (AvgIpc) is 3.15. The quantitative estimate of drug-likeness (QED) is 0.194. The molecule has 8 aromatic rings. The van der Waals surface area contributed by atoms with Crippen molar-refractivity contribution in [2.75, 3.05) is 0 Å². The van der Waals surface area contributed by atoms with Crippen molar-refractivity contribution in [3.05, 3.63) is 170 Å². The van der Waals surface area contributed by atoms with Gasteiger partial charge in [-0.05, 0) is 40.5 Å². The first-order valence-electron chi connectivity index (χ1n) is 15.3. The van der Waals surface area contributed by atoms with E-state index in [1.807, 2.05) is 60.8 Å². The molecule has 3 aromatic heterocycles. The van der Waals surface area contributed by atoms with Crippen molar-refractivity contribution in [3.8, 4) is 67.4 Å². The maximum absolute atomic E-state index is 5.45. The maximum Gasteiger partial charge on any atom is 0.116 e. The summed E-state index contributed by atoms with van der Waals surface area (Å²) < 4.78 is 0. The monoisotopic (exact) mass is 588 g/mol. The third-order valence-corrected chi connectivity index (χ3v) is 8.19. The van der Waals surface area contributed by atoms with E-state index in [1.165, 1.54) is 0 Å². The van der Waals surface area contributed by atoms with E-state index in [0.29, 0.717) is 0 Å². The number of rotatable bonds is 6. The van der Waals surface area contributed by atoms with E-state index < -0.39 is 0 Å². The zero-order valence-electron chi connectivity index (χ0n) is 25.0. The first kappa shape index (κ1) is 27.3. The summed E-state index contributed by atoms with van der Waals surface area (Å²) in [4.78, 5) is 20.4. The first-order chi connectivity index (χ1) is 22.8. The zero-order chi connectivity index (χ0) is 30.7. The summed E-state index contributed by atoms with van der Waals surface area (Å²) in [5.41, 5.74) is 12.2. The van der Waals surface area contributed by atoms with Crippen molar-refractivity contribution in [1.29, 1.82) is 0 Å². The number of pyridine rings is 2. The molecule has 0 unspecified atom stereocenters. The van der Waals surface area contributed by atoms with Gasteiger partial charge in [0.1, 0.15) is 5.69 Å².